The maximum Gasteiger partial charge on any atom is 0.433 e. The third-order valence-corrected chi connectivity index (χ3v) is 2.63. The lowest BCUT2D eigenvalue weighted by molar-refractivity contribution is -0.141. The first-order chi connectivity index (χ1) is 9.97. The third kappa shape index (κ3) is 4.26. The molecule has 0 radical (unpaired) electrons. The number of carbonyl (C=O) groups is 1. The molecule has 0 aliphatic rings. The van der Waals surface area contributed by atoms with E-state index in [1.807, 2.05) is 0 Å². The van der Waals surface area contributed by atoms with Crippen molar-refractivity contribution in [2.45, 2.75) is 19.1 Å². The van der Waals surface area contributed by atoms with Gasteiger partial charge in [-0.25, -0.2) is 4.98 Å². The second kappa shape index (κ2) is 6.33. The molecule has 2 aromatic heterocycles. The maximum absolute atomic E-state index is 12.3. The number of nitrogens with one attached hydrogen (secondary N) is 1. The topological polar surface area (TPSA) is 72.7 Å². The zero-order valence-electron chi connectivity index (χ0n) is 10.8. The molecule has 112 valence electrons. The molecule has 9 heteroatoms. The molecule has 2 rings (SSSR count). The first-order valence-corrected chi connectivity index (χ1v) is 6.10. The van der Waals surface area contributed by atoms with E-state index in [0.717, 1.165) is 18.3 Å². The van der Waals surface area contributed by atoms with Gasteiger partial charge in [0.05, 0.1) is 5.56 Å². The number of rotatable bonds is 5. The van der Waals surface area contributed by atoms with Gasteiger partial charge in [0.15, 0.2) is 0 Å². The number of aromatic nitrogens is 4. The first kappa shape index (κ1) is 14.9. The number of pyridine rings is 1. The number of alkyl halides is 3. The summed E-state index contributed by atoms with van der Waals surface area (Å²) in [7, 11) is 0. The monoisotopic (exact) mass is 299 g/mol. The minimum Gasteiger partial charge on any atom is -0.352 e. The van der Waals surface area contributed by atoms with E-state index in [4.69, 9.17) is 0 Å². The second-order valence-electron chi connectivity index (χ2n) is 4.20. The predicted octanol–water partition coefficient (Wildman–Crippen LogP) is 1.51. The van der Waals surface area contributed by atoms with E-state index in [0.29, 0.717) is 19.5 Å². The lowest BCUT2D eigenvalue weighted by Crippen LogP contribution is -2.25. The normalized spacial score (nSPS) is 11.4. The first-order valence-electron chi connectivity index (χ1n) is 6.10. The Morgan fingerprint density at radius 1 is 1.33 bits per heavy atom. The number of halogens is 3. The quantitative estimate of drug-likeness (QED) is 0.849. The molecule has 0 aliphatic carbocycles. The van der Waals surface area contributed by atoms with Crippen molar-refractivity contribution < 1.29 is 18.0 Å². The van der Waals surface area contributed by atoms with Gasteiger partial charge in [0.2, 0.25) is 0 Å². The summed E-state index contributed by atoms with van der Waals surface area (Å²) in [6.45, 7) is 0.964. The fraction of sp³-hybridized carbons (Fsp3) is 0.333. The van der Waals surface area contributed by atoms with Gasteiger partial charge in [-0.3, -0.25) is 14.5 Å². The van der Waals surface area contributed by atoms with Crippen molar-refractivity contribution in [1.82, 2.24) is 25.1 Å². The molecule has 0 unspecified atom stereocenters. The van der Waals surface area contributed by atoms with Gasteiger partial charge in [0, 0.05) is 19.3 Å². The van der Waals surface area contributed by atoms with Crippen molar-refractivity contribution in [2.24, 2.45) is 0 Å². The summed E-state index contributed by atoms with van der Waals surface area (Å²) in [5.41, 5.74) is -0.936. The maximum atomic E-state index is 12.3. The van der Waals surface area contributed by atoms with Crippen molar-refractivity contribution in [3.63, 3.8) is 0 Å². The Balaban J connectivity index is 1.80. The minimum atomic E-state index is -4.51. The summed E-state index contributed by atoms with van der Waals surface area (Å²) in [4.78, 5) is 18.7. The molecule has 0 fully saturated rings. The molecule has 1 amide bonds. The van der Waals surface area contributed by atoms with Crippen LogP contribution >= 0.6 is 0 Å². The van der Waals surface area contributed by atoms with E-state index in [1.165, 1.54) is 6.33 Å². The van der Waals surface area contributed by atoms with Crippen LogP contribution in [0.4, 0.5) is 13.2 Å². The third-order valence-electron chi connectivity index (χ3n) is 2.63. The average Bonchev–Trinajstić information content (AvgIpc) is 2.96. The van der Waals surface area contributed by atoms with Crippen LogP contribution < -0.4 is 5.32 Å². The summed E-state index contributed by atoms with van der Waals surface area (Å²) >= 11 is 0. The number of hydrogen-bond donors (Lipinski definition) is 1. The largest absolute Gasteiger partial charge is 0.433 e. The molecule has 0 bridgehead atoms. The zero-order chi connectivity index (χ0) is 15.3. The van der Waals surface area contributed by atoms with Crippen LogP contribution in [0, 0.1) is 0 Å². The van der Waals surface area contributed by atoms with Gasteiger partial charge in [-0.15, -0.1) is 0 Å². The van der Waals surface area contributed by atoms with E-state index in [-0.39, 0.29) is 5.56 Å². The van der Waals surface area contributed by atoms with Crippen LogP contribution in [0.2, 0.25) is 0 Å². The molecule has 2 heterocycles. The fourth-order valence-corrected chi connectivity index (χ4v) is 1.59. The Kier molecular flexibility index (Phi) is 4.51. The number of aryl methyl sites for hydroxylation is 1. The molecule has 6 nitrogen and oxygen atoms in total. The zero-order valence-corrected chi connectivity index (χ0v) is 10.8. The fourth-order valence-electron chi connectivity index (χ4n) is 1.59. The Labute approximate surface area is 118 Å². The molecule has 0 aliphatic heterocycles. The molecular weight excluding hydrogens is 287 g/mol. The molecule has 21 heavy (non-hydrogen) atoms. The highest BCUT2D eigenvalue weighted by atomic mass is 19.4. The van der Waals surface area contributed by atoms with Gasteiger partial charge in [0.25, 0.3) is 5.91 Å². The molecular formula is C12H12F3N5O. The SMILES string of the molecule is O=C(NCCCn1cncn1)c1ccc(C(F)(F)F)nc1. The van der Waals surface area contributed by atoms with Gasteiger partial charge < -0.3 is 5.32 Å². The highest BCUT2D eigenvalue weighted by molar-refractivity contribution is 5.93. The van der Waals surface area contributed by atoms with Crippen molar-refractivity contribution in [3.8, 4) is 0 Å². The highest BCUT2D eigenvalue weighted by Gasteiger charge is 2.32. The van der Waals surface area contributed by atoms with Crippen LogP contribution in [-0.2, 0) is 12.7 Å². The van der Waals surface area contributed by atoms with Gasteiger partial charge in [-0.05, 0) is 18.6 Å². The summed E-state index contributed by atoms with van der Waals surface area (Å²) < 4.78 is 38.6. The van der Waals surface area contributed by atoms with Gasteiger partial charge in [-0.1, -0.05) is 0 Å². The molecule has 0 saturated heterocycles. The second-order valence-corrected chi connectivity index (χ2v) is 4.20. The molecule has 0 saturated carbocycles. The van der Waals surface area contributed by atoms with Crippen LogP contribution in [0.1, 0.15) is 22.5 Å². The molecule has 2 aromatic rings. The summed E-state index contributed by atoms with van der Waals surface area (Å²) in [6.07, 6.45) is -0.000392. The van der Waals surface area contributed by atoms with Crippen LogP contribution in [0.3, 0.4) is 0 Å². The van der Waals surface area contributed by atoms with Crippen molar-refractivity contribution >= 4 is 5.91 Å². The highest BCUT2D eigenvalue weighted by Crippen LogP contribution is 2.27. The summed E-state index contributed by atoms with van der Waals surface area (Å²) in [5.74, 6) is -0.463. The van der Waals surface area contributed by atoms with E-state index in [1.54, 1.807) is 11.0 Å². The Morgan fingerprint density at radius 3 is 2.71 bits per heavy atom. The van der Waals surface area contributed by atoms with Crippen molar-refractivity contribution in [2.75, 3.05) is 6.54 Å². The molecule has 1 N–H and O–H groups in total. The standard InChI is InChI=1S/C12H12F3N5O/c13-12(14,15)10-3-2-9(6-18-10)11(21)17-4-1-5-20-8-16-7-19-20/h2-3,6-8H,1,4-5H2,(H,17,21). The number of nitrogens with zero attached hydrogens (tertiary/aromatic N) is 4. The van der Waals surface area contributed by atoms with E-state index < -0.39 is 17.8 Å². The smallest absolute Gasteiger partial charge is 0.352 e. The van der Waals surface area contributed by atoms with Gasteiger partial charge >= 0.3 is 6.18 Å². The van der Waals surface area contributed by atoms with E-state index in [9.17, 15) is 18.0 Å². The van der Waals surface area contributed by atoms with Crippen LogP contribution in [-0.4, -0.2) is 32.2 Å². The minimum absolute atomic E-state index is 0.0868. The van der Waals surface area contributed by atoms with Gasteiger partial charge in [0.1, 0.15) is 18.3 Å². The number of hydrogen-bond acceptors (Lipinski definition) is 4. The number of amides is 1. The lowest BCUT2D eigenvalue weighted by Gasteiger charge is -2.07. The lowest BCUT2D eigenvalue weighted by atomic mass is 10.2. The van der Waals surface area contributed by atoms with Crippen molar-refractivity contribution in [1.29, 1.82) is 0 Å². The summed E-state index contributed by atoms with van der Waals surface area (Å²) in [6, 6.07) is 1.88. The molecule has 0 atom stereocenters. The average molecular weight is 299 g/mol. The number of carbonyl (C=O) groups excluding carboxylic acids is 1. The van der Waals surface area contributed by atoms with Gasteiger partial charge in [-0.2, -0.15) is 18.3 Å². The van der Waals surface area contributed by atoms with E-state index in [2.05, 4.69) is 20.4 Å². The predicted molar refractivity (Wildman–Crippen MR) is 66.2 cm³/mol. The Hall–Kier alpha value is -2.45. The Morgan fingerprint density at radius 2 is 2.14 bits per heavy atom. The molecule has 0 aromatic carbocycles. The van der Waals surface area contributed by atoms with E-state index >= 15 is 0 Å². The van der Waals surface area contributed by atoms with Crippen LogP contribution in [0.15, 0.2) is 31.0 Å². The Bertz CT molecular complexity index is 580. The summed E-state index contributed by atoms with van der Waals surface area (Å²) in [5, 5.41) is 6.50. The molecule has 0 spiro atoms. The van der Waals surface area contributed by atoms with Crippen LogP contribution in [0.5, 0.6) is 0 Å². The van der Waals surface area contributed by atoms with Crippen LogP contribution in [0.25, 0.3) is 0 Å². The van der Waals surface area contributed by atoms with Crippen molar-refractivity contribution in [3.05, 3.63) is 42.2 Å².